The fourth-order valence-electron chi connectivity index (χ4n) is 2.79. The lowest BCUT2D eigenvalue weighted by Crippen LogP contribution is -2.41. The Labute approximate surface area is 142 Å². The zero-order valence-electron chi connectivity index (χ0n) is 13.7. The zero-order chi connectivity index (χ0) is 18.8. The van der Waals surface area contributed by atoms with Gasteiger partial charge in [0.15, 0.2) is 0 Å². The molecule has 1 fully saturated rings. The van der Waals surface area contributed by atoms with Crippen molar-refractivity contribution in [2.24, 2.45) is 11.8 Å². The third-order valence-corrected chi connectivity index (χ3v) is 4.24. The molecule has 1 amide bonds. The van der Waals surface area contributed by atoms with Crippen LogP contribution in [0.2, 0.25) is 0 Å². The van der Waals surface area contributed by atoms with Crippen molar-refractivity contribution in [2.75, 3.05) is 18.4 Å². The molecule has 1 heterocycles. The molecule has 1 unspecified atom stereocenters. The lowest BCUT2D eigenvalue weighted by atomic mass is 9.99. The van der Waals surface area contributed by atoms with Gasteiger partial charge in [-0.3, -0.25) is 14.5 Å². The second-order valence-electron chi connectivity index (χ2n) is 6.11. The summed E-state index contributed by atoms with van der Waals surface area (Å²) in [7, 11) is 0. The van der Waals surface area contributed by atoms with Crippen LogP contribution in [0.4, 0.5) is 18.9 Å². The molecule has 0 saturated carbocycles. The number of hydrogen-bond donors (Lipinski definition) is 2. The first kappa shape index (κ1) is 19.0. The summed E-state index contributed by atoms with van der Waals surface area (Å²) in [5, 5.41) is 11.7. The van der Waals surface area contributed by atoms with Crippen LogP contribution in [0.15, 0.2) is 24.3 Å². The van der Waals surface area contributed by atoms with Crippen molar-refractivity contribution in [2.45, 2.75) is 26.3 Å². The van der Waals surface area contributed by atoms with Crippen LogP contribution in [0.25, 0.3) is 0 Å². The number of nitrogens with zero attached hydrogens (tertiary/aromatic N) is 1. The van der Waals surface area contributed by atoms with Crippen molar-refractivity contribution >= 4 is 17.6 Å². The van der Waals surface area contributed by atoms with Gasteiger partial charge in [0, 0.05) is 18.8 Å². The van der Waals surface area contributed by atoms with E-state index in [1.165, 1.54) is 12.1 Å². The molecule has 0 spiro atoms. The smallest absolute Gasteiger partial charge is 0.481 e. The van der Waals surface area contributed by atoms with Crippen LogP contribution in [-0.4, -0.2) is 47.4 Å². The number of alkyl halides is 3. The lowest BCUT2D eigenvalue weighted by molar-refractivity contribution is -0.274. The molecule has 0 bridgehead atoms. The minimum absolute atomic E-state index is 0.0634. The number of halogens is 3. The molecule has 1 aliphatic rings. The van der Waals surface area contributed by atoms with Crippen molar-refractivity contribution in [1.29, 1.82) is 0 Å². The van der Waals surface area contributed by atoms with Crippen LogP contribution < -0.4 is 10.1 Å². The predicted octanol–water partition coefficient (Wildman–Crippen LogP) is 2.56. The van der Waals surface area contributed by atoms with E-state index in [2.05, 4.69) is 10.1 Å². The van der Waals surface area contributed by atoms with E-state index in [0.29, 0.717) is 12.2 Å². The second kappa shape index (κ2) is 7.30. The number of rotatable bonds is 5. The van der Waals surface area contributed by atoms with Gasteiger partial charge in [-0.2, -0.15) is 0 Å². The maximum Gasteiger partial charge on any atom is 0.573 e. The maximum atomic E-state index is 12.3. The second-order valence-corrected chi connectivity index (χ2v) is 6.11. The van der Waals surface area contributed by atoms with E-state index >= 15 is 0 Å². The van der Waals surface area contributed by atoms with Gasteiger partial charge in [-0.05, 0) is 37.1 Å². The van der Waals surface area contributed by atoms with E-state index in [1.54, 1.807) is 11.8 Å². The van der Waals surface area contributed by atoms with Gasteiger partial charge in [-0.15, -0.1) is 13.2 Å². The molecule has 3 atom stereocenters. The molecular formula is C16H19F3N2O4. The standard InChI is InChI=1S/C16H19F3N2O4/c1-9-7-21(8-13(9)15(23)24)10(2)14(22)20-11-3-5-12(6-4-11)25-16(17,18)19/h3-6,9-10,13H,7-8H2,1-2H3,(H,20,22)(H,23,24)/t9-,10?,13-/m1/s1. The Hall–Kier alpha value is -2.29. The highest BCUT2D eigenvalue weighted by molar-refractivity contribution is 5.94. The molecule has 25 heavy (non-hydrogen) atoms. The normalized spacial score (nSPS) is 22.4. The lowest BCUT2D eigenvalue weighted by Gasteiger charge is -2.23. The van der Waals surface area contributed by atoms with E-state index in [-0.39, 0.29) is 24.1 Å². The van der Waals surface area contributed by atoms with Crippen LogP contribution in [0.5, 0.6) is 5.75 Å². The molecule has 1 aliphatic heterocycles. The van der Waals surface area contributed by atoms with Crippen LogP contribution >= 0.6 is 0 Å². The average molecular weight is 360 g/mol. The van der Waals surface area contributed by atoms with Gasteiger partial charge in [-0.25, -0.2) is 0 Å². The number of carboxylic acid groups (broad SMARTS) is 1. The van der Waals surface area contributed by atoms with Crippen LogP contribution in [0, 0.1) is 11.8 Å². The molecule has 0 aliphatic carbocycles. The third kappa shape index (κ3) is 5.09. The fraction of sp³-hybridized carbons (Fsp3) is 0.500. The number of benzene rings is 1. The van der Waals surface area contributed by atoms with Gasteiger partial charge in [0.25, 0.3) is 0 Å². The molecule has 1 aromatic rings. The summed E-state index contributed by atoms with van der Waals surface area (Å²) in [4.78, 5) is 25.2. The van der Waals surface area contributed by atoms with Gasteiger partial charge in [-0.1, -0.05) is 6.92 Å². The van der Waals surface area contributed by atoms with Crippen molar-refractivity contribution in [3.63, 3.8) is 0 Å². The molecule has 6 nitrogen and oxygen atoms in total. The molecule has 138 valence electrons. The van der Waals surface area contributed by atoms with Gasteiger partial charge < -0.3 is 15.2 Å². The van der Waals surface area contributed by atoms with Crippen LogP contribution in [0.3, 0.4) is 0 Å². The summed E-state index contributed by atoms with van der Waals surface area (Å²) in [6, 6.07) is 4.26. The fourth-order valence-corrected chi connectivity index (χ4v) is 2.79. The average Bonchev–Trinajstić information content (AvgIpc) is 2.89. The van der Waals surface area contributed by atoms with E-state index < -0.39 is 24.3 Å². The number of carbonyl (C=O) groups excluding carboxylic acids is 1. The van der Waals surface area contributed by atoms with Crippen LogP contribution in [0.1, 0.15) is 13.8 Å². The molecule has 1 aromatic carbocycles. The Morgan fingerprint density at radius 1 is 1.28 bits per heavy atom. The first-order valence-electron chi connectivity index (χ1n) is 7.70. The Balaban J connectivity index is 1.94. The number of anilines is 1. The SMILES string of the molecule is CC(C(=O)Nc1ccc(OC(F)(F)F)cc1)N1C[C@@H](C)[C@H](C(=O)O)C1. The minimum atomic E-state index is -4.77. The summed E-state index contributed by atoms with van der Waals surface area (Å²) in [5.74, 6) is -2.21. The quantitative estimate of drug-likeness (QED) is 0.844. The molecule has 1 saturated heterocycles. The molecule has 0 aromatic heterocycles. The summed E-state index contributed by atoms with van der Waals surface area (Å²) in [6.07, 6.45) is -4.77. The highest BCUT2D eigenvalue weighted by Gasteiger charge is 2.38. The van der Waals surface area contributed by atoms with Crippen molar-refractivity contribution < 1.29 is 32.6 Å². The van der Waals surface area contributed by atoms with Crippen molar-refractivity contribution in [3.05, 3.63) is 24.3 Å². The number of carbonyl (C=O) groups is 2. The monoisotopic (exact) mass is 360 g/mol. The zero-order valence-corrected chi connectivity index (χ0v) is 13.7. The largest absolute Gasteiger partial charge is 0.573 e. The number of ether oxygens (including phenoxy) is 1. The van der Waals surface area contributed by atoms with E-state index in [4.69, 9.17) is 5.11 Å². The number of likely N-dealkylation sites (tertiary alicyclic amines) is 1. The Bertz CT molecular complexity index is 633. The number of carboxylic acids is 1. The highest BCUT2D eigenvalue weighted by atomic mass is 19.4. The number of nitrogens with one attached hydrogen (secondary N) is 1. The molecular weight excluding hydrogens is 341 g/mol. The Kier molecular flexibility index (Phi) is 5.56. The number of hydrogen-bond acceptors (Lipinski definition) is 4. The number of aliphatic carboxylic acids is 1. The van der Waals surface area contributed by atoms with E-state index in [1.807, 2.05) is 6.92 Å². The predicted molar refractivity (Wildman–Crippen MR) is 83.1 cm³/mol. The molecule has 2 rings (SSSR count). The van der Waals surface area contributed by atoms with Crippen molar-refractivity contribution in [3.8, 4) is 5.75 Å². The summed E-state index contributed by atoms with van der Waals surface area (Å²) in [5.41, 5.74) is 0.327. The van der Waals surface area contributed by atoms with Gasteiger partial charge in [0.1, 0.15) is 5.75 Å². The van der Waals surface area contributed by atoms with Crippen molar-refractivity contribution in [1.82, 2.24) is 4.90 Å². The summed E-state index contributed by atoms with van der Waals surface area (Å²) in [6.45, 7) is 4.25. The molecule has 9 heteroatoms. The number of amides is 1. The first-order valence-corrected chi connectivity index (χ1v) is 7.70. The molecule has 0 radical (unpaired) electrons. The summed E-state index contributed by atoms with van der Waals surface area (Å²) < 4.78 is 40.1. The topological polar surface area (TPSA) is 78.9 Å². The Morgan fingerprint density at radius 3 is 2.36 bits per heavy atom. The highest BCUT2D eigenvalue weighted by Crippen LogP contribution is 2.26. The minimum Gasteiger partial charge on any atom is -0.481 e. The van der Waals surface area contributed by atoms with E-state index in [0.717, 1.165) is 12.1 Å². The first-order chi connectivity index (χ1) is 11.6. The molecule has 2 N–H and O–H groups in total. The van der Waals surface area contributed by atoms with Gasteiger partial charge in [0.05, 0.1) is 12.0 Å². The third-order valence-electron chi connectivity index (χ3n) is 4.24. The maximum absolute atomic E-state index is 12.3. The summed E-state index contributed by atoms with van der Waals surface area (Å²) >= 11 is 0. The van der Waals surface area contributed by atoms with E-state index in [9.17, 15) is 22.8 Å². The van der Waals surface area contributed by atoms with Crippen LogP contribution in [-0.2, 0) is 9.59 Å². The van der Waals surface area contributed by atoms with Gasteiger partial charge >= 0.3 is 12.3 Å². The Morgan fingerprint density at radius 2 is 1.88 bits per heavy atom. The van der Waals surface area contributed by atoms with Gasteiger partial charge in [0.2, 0.25) is 5.91 Å².